The highest BCUT2D eigenvalue weighted by molar-refractivity contribution is 7.91. The van der Waals surface area contributed by atoms with Gasteiger partial charge in [-0.15, -0.1) is 0 Å². The van der Waals surface area contributed by atoms with Crippen LogP contribution in [0.25, 0.3) is 0 Å². The summed E-state index contributed by atoms with van der Waals surface area (Å²) in [5.74, 6) is 1.11. The minimum absolute atomic E-state index is 0.0417. The number of rotatable bonds is 0. The third kappa shape index (κ3) is 22.2. The van der Waals surface area contributed by atoms with Gasteiger partial charge in [-0.1, -0.05) is 73.6 Å². The van der Waals surface area contributed by atoms with Gasteiger partial charge in [-0.3, -0.25) is 4.79 Å². The number of carbonyl (C=O) groups is 1. The Kier molecular flexibility index (Phi) is 26.3. The highest BCUT2D eigenvalue weighted by atomic mass is 32.2. The third-order valence-corrected chi connectivity index (χ3v) is 7.39. The zero-order chi connectivity index (χ0) is 27.9. The summed E-state index contributed by atoms with van der Waals surface area (Å²) in [5, 5.41) is 7.00. The van der Waals surface area contributed by atoms with E-state index in [2.05, 4.69) is 18.6 Å². The van der Waals surface area contributed by atoms with Crippen LogP contribution in [0.4, 0.5) is 0 Å². The summed E-state index contributed by atoms with van der Waals surface area (Å²) in [6.45, 7) is 19.5. The van der Waals surface area contributed by atoms with Crippen LogP contribution in [0.5, 0.6) is 0 Å². The number of esters is 1. The lowest BCUT2D eigenvalue weighted by molar-refractivity contribution is -0.286. The van der Waals surface area contributed by atoms with Gasteiger partial charge in [0.05, 0.1) is 36.7 Å². The van der Waals surface area contributed by atoms with Crippen molar-refractivity contribution < 1.29 is 32.5 Å². The molecule has 0 aromatic rings. The lowest BCUT2D eigenvalue weighted by Crippen LogP contribution is -2.43. The van der Waals surface area contributed by atoms with E-state index in [9.17, 15) is 13.2 Å². The Morgan fingerprint density at radius 1 is 0.829 bits per heavy atom. The molecule has 0 spiro atoms. The lowest BCUT2D eigenvalue weighted by Gasteiger charge is -2.38. The van der Waals surface area contributed by atoms with E-state index >= 15 is 0 Å². The van der Waals surface area contributed by atoms with Gasteiger partial charge in [0.2, 0.25) is 0 Å². The molecule has 4 rings (SSSR count). The van der Waals surface area contributed by atoms with Crippen molar-refractivity contribution in [2.45, 2.75) is 126 Å². The van der Waals surface area contributed by atoms with Crippen LogP contribution in [0.15, 0.2) is 0 Å². The maximum absolute atomic E-state index is 10.4. The summed E-state index contributed by atoms with van der Waals surface area (Å²) in [6, 6.07) is 0. The molecule has 7 nitrogen and oxygen atoms in total. The predicted molar refractivity (Wildman–Crippen MR) is 146 cm³/mol. The summed E-state index contributed by atoms with van der Waals surface area (Å²) in [5.41, 5.74) is 0. The molecular weight excluding hydrogens is 468 g/mol. The van der Waals surface area contributed by atoms with Gasteiger partial charge in [0.1, 0.15) is 9.84 Å². The second-order valence-electron chi connectivity index (χ2n) is 8.99. The maximum Gasteiger partial charge on any atom is 0.308 e. The molecule has 0 radical (unpaired) electrons. The molecule has 3 saturated heterocycles. The zero-order valence-electron chi connectivity index (χ0n) is 24.5. The normalized spacial score (nSPS) is 26.9. The molecule has 3 aliphatic heterocycles. The average Bonchev–Trinajstić information content (AvgIpc) is 3.62. The molecule has 0 aromatic carbocycles. The summed E-state index contributed by atoms with van der Waals surface area (Å²) in [6.07, 6.45) is 10.5. The maximum atomic E-state index is 10.4. The first-order chi connectivity index (χ1) is 16.5. The molecule has 4 fully saturated rings. The average molecular weight is 527 g/mol. The number of aliphatic hydroxyl groups is 1. The molecule has 0 aromatic heterocycles. The second-order valence-corrected chi connectivity index (χ2v) is 11.3. The van der Waals surface area contributed by atoms with Crippen LogP contribution in [0.1, 0.15) is 114 Å². The molecule has 0 amide bonds. The van der Waals surface area contributed by atoms with E-state index in [1.807, 2.05) is 48.5 Å². The smallest absolute Gasteiger partial charge is 0.308 e. The monoisotopic (exact) mass is 526 g/mol. The molecule has 1 saturated carbocycles. The van der Waals surface area contributed by atoms with Gasteiger partial charge < -0.3 is 19.3 Å². The van der Waals surface area contributed by atoms with Crippen LogP contribution >= 0.6 is 0 Å². The van der Waals surface area contributed by atoms with Crippen LogP contribution in [0, 0.1) is 11.8 Å². The number of hydrogen-bond acceptors (Lipinski definition) is 7. The number of hydrogen-bond donors (Lipinski definition) is 1. The fourth-order valence-electron chi connectivity index (χ4n) is 3.29. The zero-order valence-corrected chi connectivity index (χ0v) is 25.3. The van der Waals surface area contributed by atoms with Crippen molar-refractivity contribution in [3.63, 3.8) is 0 Å². The van der Waals surface area contributed by atoms with Crippen molar-refractivity contribution in [2.75, 3.05) is 31.8 Å². The first kappa shape index (κ1) is 38.8. The second kappa shape index (κ2) is 23.7. The molecule has 1 N–H and O–H groups in total. The highest BCUT2D eigenvalue weighted by Crippen LogP contribution is 2.25. The van der Waals surface area contributed by atoms with Gasteiger partial charge in [0.25, 0.3) is 0 Å². The first-order valence-corrected chi connectivity index (χ1v) is 15.5. The molecule has 3 unspecified atom stereocenters. The fourth-order valence-corrected chi connectivity index (χ4v) is 4.78. The molecule has 0 bridgehead atoms. The van der Waals surface area contributed by atoms with Crippen molar-refractivity contribution in [1.29, 1.82) is 0 Å². The molecule has 4 aliphatic rings. The van der Waals surface area contributed by atoms with E-state index in [1.54, 1.807) is 0 Å². The molecule has 3 heterocycles. The van der Waals surface area contributed by atoms with Crippen molar-refractivity contribution in [1.82, 2.24) is 0 Å². The van der Waals surface area contributed by atoms with E-state index in [0.717, 1.165) is 33.0 Å². The Morgan fingerprint density at radius 2 is 1.26 bits per heavy atom. The summed E-state index contributed by atoms with van der Waals surface area (Å²) in [7, 11) is -1.55. The van der Waals surface area contributed by atoms with E-state index in [1.165, 1.54) is 32.1 Å². The number of carbonyl (C=O) groups excluding carboxylic acids is 1. The topological polar surface area (TPSA) is 99.1 Å². The van der Waals surface area contributed by atoms with Crippen molar-refractivity contribution in [2.24, 2.45) is 11.8 Å². The number of cyclic esters (lactones) is 1. The van der Waals surface area contributed by atoms with Gasteiger partial charge in [0, 0.05) is 13.0 Å². The van der Waals surface area contributed by atoms with E-state index in [4.69, 9.17) is 14.6 Å². The Balaban J connectivity index is -0.000000370. The minimum atomic E-state index is -2.55. The summed E-state index contributed by atoms with van der Waals surface area (Å²) >= 11 is 0. The number of ether oxygens (including phenoxy) is 3. The standard InChI is InChI=1S/C8H16O2.C5H8O2.C5H10.C4H8O2S.2C2H6.CH4O/c1-6-5-9-8(3,4)10-7(6)2;1-4-2-3-7-5(4)6;1-2-4-5-3-1;5-7(6)3-1-2-4-7;3*1-2/h6-7H,5H2,1-4H3;4H,2-3H2,1H3;1-5H2;1-4H2;2*1-2H3;2H,1H3. The van der Waals surface area contributed by atoms with Gasteiger partial charge in [-0.2, -0.15) is 0 Å². The van der Waals surface area contributed by atoms with E-state index in [0.29, 0.717) is 30.1 Å². The van der Waals surface area contributed by atoms with E-state index < -0.39 is 9.84 Å². The molecule has 1 aliphatic carbocycles. The Labute approximate surface area is 217 Å². The third-order valence-electron chi connectivity index (χ3n) is 5.57. The fraction of sp³-hybridized carbons (Fsp3) is 0.963. The van der Waals surface area contributed by atoms with Gasteiger partial charge in [-0.05, 0) is 40.0 Å². The van der Waals surface area contributed by atoms with Crippen molar-refractivity contribution in [3.8, 4) is 0 Å². The van der Waals surface area contributed by atoms with Gasteiger partial charge in [0.15, 0.2) is 5.79 Å². The van der Waals surface area contributed by atoms with Crippen molar-refractivity contribution >= 4 is 15.8 Å². The minimum Gasteiger partial charge on any atom is -0.465 e. The molecule has 3 atom stereocenters. The van der Waals surface area contributed by atoms with Gasteiger partial charge >= 0.3 is 5.97 Å². The number of aliphatic hydroxyl groups excluding tert-OH is 1. The predicted octanol–water partition coefficient (Wildman–Crippen LogP) is 6.17. The lowest BCUT2D eigenvalue weighted by atomic mass is 10.1. The Morgan fingerprint density at radius 3 is 1.46 bits per heavy atom. The number of sulfone groups is 1. The summed E-state index contributed by atoms with van der Waals surface area (Å²) in [4.78, 5) is 10.4. The van der Waals surface area contributed by atoms with Crippen LogP contribution in [-0.4, -0.2) is 63.2 Å². The molecular formula is C27H58O7S. The van der Waals surface area contributed by atoms with Crippen LogP contribution in [-0.2, 0) is 28.8 Å². The van der Waals surface area contributed by atoms with Crippen LogP contribution in [0.3, 0.4) is 0 Å². The Bertz CT molecular complexity index is 552. The highest BCUT2D eigenvalue weighted by Gasteiger charge is 2.31. The molecule has 214 valence electrons. The van der Waals surface area contributed by atoms with Crippen LogP contribution in [0.2, 0.25) is 0 Å². The summed E-state index contributed by atoms with van der Waals surface area (Å²) < 4.78 is 36.5. The molecule has 8 heteroatoms. The largest absolute Gasteiger partial charge is 0.465 e. The van der Waals surface area contributed by atoms with E-state index in [-0.39, 0.29) is 17.7 Å². The molecule has 35 heavy (non-hydrogen) atoms. The van der Waals surface area contributed by atoms with Crippen LogP contribution < -0.4 is 0 Å². The SMILES string of the molecule is C1CCCC1.CC.CC.CC1CCOC1=O.CC1COC(C)(C)OC1C.CO.O=S1(=O)CCCC1. The Hall–Kier alpha value is -0.700. The first-order valence-electron chi connectivity index (χ1n) is 13.7. The quantitative estimate of drug-likeness (QED) is 0.377. The van der Waals surface area contributed by atoms with Crippen molar-refractivity contribution in [3.05, 3.63) is 0 Å². The van der Waals surface area contributed by atoms with Gasteiger partial charge in [-0.25, -0.2) is 8.42 Å².